The Bertz CT molecular complexity index is 549. The van der Waals surface area contributed by atoms with Crippen molar-refractivity contribution in [2.75, 3.05) is 13.2 Å². The third kappa shape index (κ3) is 4.21. The molecular formula is C16H21NO5. The molecule has 22 heavy (non-hydrogen) atoms. The van der Waals surface area contributed by atoms with Gasteiger partial charge in [-0.15, -0.1) is 0 Å². The zero-order valence-corrected chi connectivity index (χ0v) is 12.8. The molecule has 0 aromatic heterocycles. The van der Waals surface area contributed by atoms with E-state index >= 15 is 0 Å². The fourth-order valence-electron chi connectivity index (χ4n) is 2.10. The third-order valence-electron chi connectivity index (χ3n) is 3.52. The van der Waals surface area contributed by atoms with Gasteiger partial charge in [0.2, 0.25) is 0 Å². The molecule has 6 heteroatoms. The third-order valence-corrected chi connectivity index (χ3v) is 3.52. The first-order valence-electron chi connectivity index (χ1n) is 7.29. The Morgan fingerprint density at radius 2 is 2.23 bits per heavy atom. The van der Waals surface area contributed by atoms with E-state index in [0.29, 0.717) is 17.9 Å². The van der Waals surface area contributed by atoms with Crippen LogP contribution in [0.3, 0.4) is 0 Å². The molecule has 0 saturated carbocycles. The zero-order chi connectivity index (χ0) is 16.2. The lowest BCUT2D eigenvalue weighted by Crippen LogP contribution is -2.49. The first-order chi connectivity index (χ1) is 10.4. The van der Waals surface area contributed by atoms with Crippen molar-refractivity contribution in [3.05, 3.63) is 29.8 Å². The molecule has 0 bridgehead atoms. The number of carbonyl (C=O) groups is 2. The quantitative estimate of drug-likeness (QED) is 0.837. The number of rotatable bonds is 6. The molecule has 0 aliphatic carbocycles. The zero-order valence-electron chi connectivity index (χ0n) is 12.8. The monoisotopic (exact) mass is 307 g/mol. The number of hydrogen-bond acceptors (Lipinski definition) is 4. The Labute approximate surface area is 129 Å². The molecule has 2 rings (SSSR count). The van der Waals surface area contributed by atoms with Gasteiger partial charge in [-0.1, -0.05) is 6.07 Å². The molecule has 1 aromatic carbocycles. The highest BCUT2D eigenvalue weighted by molar-refractivity contribution is 5.97. The van der Waals surface area contributed by atoms with Crippen LogP contribution in [-0.2, 0) is 9.53 Å². The van der Waals surface area contributed by atoms with Gasteiger partial charge in [0.1, 0.15) is 17.9 Å². The number of carbonyl (C=O) groups excluding carboxylic acids is 1. The van der Waals surface area contributed by atoms with Crippen molar-refractivity contribution in [2.45, 2.75) is 38.3 Å². The van der Waals surface area contributed by atoms with Crippen LogP contribution in [0.25, 0.3) is 0 Å². The van der Waals surface area contributed by atoms with Crippen molar-refractivity contribution in [1.82, 2.24) is 5.32 Å². The largest absolute Gasteiger partial charge is 0.491 e. The summed E-state index contributed by atoms with van der Waals surface area (Å²) < 4.78 is 11.1. The molecule has 1 fully saturated rings. The molecule has 120 valence electrons. The second-order valence-electron chi connectivity index (χ2n) is 5.86. The molecule has 1 aromatic rings. The standard InChI is InChI=1S/C16H21NO5/c1-16(2,15(19)20)17-14(18)11-5-3-6-12(9-11)22-10-13-7-4-8-21-13/h3,5-6,9,13H,4,7-8,10H2,1-2H3,(H,17,18)(H,19,20)/t13-/m1/s1. The van der Waals surface area contributed by atoms with Crippen LogP contribution in [0.2, 0.25) is 0 Å². The summed E-state index contributed by atoms with van der Waals surface area (Å²) in [6.45, 7) is 4.09. The van der Waals surface area contributed by atoms with E-state index in [4.69, 9.17) is 14.6 Å². The maximum atomic E-state index is 12.1. The van der Waals surface area contributed by atoms with E-state index in [-0.39, 0.29) is 6.10 Å². The number of carboxylic acids is 1. The van der Waals surface area contributed by atoms with Crippen LogP contribution < -0.4 is 10.1 Å². The fourth-order valence-corrected chi connectivity index (χ4v) is 2.10. The first-order valence-corrected chi connectivity index (χ1v) is 7.29. The van der Waals surface area contributed by atoms with Crippen LogP contribution in [0.1, 0.15) is 37.0 Å². The molecule has 1 heterocycles. The van der Waals surface area contributed by atoms with Crippen LogP contribution >= 0.6 is 0 Å². The Morgan fingerprint density at radius 1 is 1.45 bits per heavy atom. The summed E-state index contributed by atoms with van der Waals surface area (Å²) in [5, 5.41) is 11.5. The highest BCUT2D eigenvalue weighted by Gasteiger charge is 2.29. The molecule has 1 saturated heterocycles. The minimum atomic E-state index is -1.33. The van der Waals surface area contributed by atoms with E-state index < -0.39 is 17.4 Å². The molecule has 0 spiro atoms. The summed E-state index contributed by atoms with van der Waals surface area (Å²) in [4.78, 5) is 23.2. The van der Waals surface area contributed by atoms with E-state index in [1.165, 1.54) is 13.8 Å². The maximum absolute atomic E-state index is 12.1. The topological polar surface area (TPSA) is 84.9 Å². The number of aliphatic carboxylic acids is 1. The van der Waals surface area contributed by atoms with Crippen LogP contribution in [0.5, 0.6) is 5.75 Å². The Morgan fingerprint density at radius 3 is 2.86 bits per heavy atom. The van der Waals surface area contributed by atoms with Gasteiger partial charge in [-0.05, 0) is 44.9 Å². The van der Waals surface area contributed by atoms with Gasteiger partial charge < -0.3 is 19.9 Å². The van der Waals surface area contributed by atoms with E-state index in [9.17, 15) is 9.59 Å². The summed E-state index contributed by atoms with van der Waals surface area (Å²) in [6, 6.07) is 6.68. The molecule has 1 atom stereocenters. The number of ether oxygens (including phenoxy) is 2. The van der Waals surface area contributed by atoms with Crippen molar-refractivity contribution < 1.29 is 24.2 Å². The minimum absolute atomic E-state index is 0.100. The minimum Gasteiger partial charge on any atom is -0.491 e. The van der Waals surface area contributed by atoms with Crippen LogP contribution in [0.4, 0.5) is 0 Å². The molecule has 1 aliphatic rings. The number of carboxylic acid groups (broad SMARTS) is 1. The maximum Gasteiger partial charge on any atom is 0.328 e. The summed E-state index contributed by atoms with van der Waals surface area (Å²) >= 11 is 0. The van der Waals surface area contributed by atoms with Crippen LogP contribution in [0, 0.1) is 0 Å². The lowest BCUT2D eigenvalue weighted by molar-refractivity contribution is -0.143. The van der Waals surface area contributed by atoms with Gasteiger partial charge in [-0.25, -0.2) is 4.79 Å². The smallest absolute Gasteiger partial charge is 0.328 e. The number of hydrogen-bond donors (Lipinski definition) is 2. The number of benzene rings is 1. The van der Waals surface area contributed by atoms with Gasteiger partial charge in [-0.3, -0.25) is 4.79 Å². The number of amides is 1. The normalized spacial score (nSPS) is 18.0. The molecular weight excluding hydrogens is 286 g/mol. The second-order valence-corrected chi connectivity index (χ2v) is 5.86. The van der Waals surface area contributed by atoms with E-state index in [1.54, 1.807) is 24.3 Å². The fraction of sp³-hybridized carbons (Fsp3) is 0.500. The van der Waals surface area contributed by atoms with Gasteiger partial charge in [0.25, 0.3) is 5.91 Å². The second kappa shape index (κ2) is 6.79. The predicted octanol–water partition coefficient (Wildman–Crippen LogP) is 1.84. The predicted molar refractivity (Wildman–Crippen MR) is 80.1 cm³/mol. The SMILES string of the molecule is CC(C)(NC(=O)c1cccc(OC[C@H]2CCCO2)c1)C(=O)O. The highest BCUT2D eigenvalue weighted by Crippen LogP contribution is 2.17. The lowest BCUT2D eigenvalue weighted by atomic mass is 10.1. The van der Waals surface area contributed by atoms with Gasteiger partial charge in [-0.2, -0.15) is 0 Å². The average Bonchev–Trinajstić information content (AvgIpc) is 2.98. The van der Waals surface area contributed by atoms with Crippen molar-refractivity contribution in [3.8, 4) is 5.75 Å². The highest BCUT2D eigenvalue weighted by atomic mass is 16.5. The van der Waals surface area contributed by atoms with Crippen molar-refractivity contribution in [2.24, 2.45) is 0 Å². The average molecular weight is 307 g/mol. The van der Waals surface area contributed by atoms with Gasteiger partial charge >= 0.3 is 5.97 Å². The van der Waals surface area contributed by atoms with E-state index in [0.717, 1.165) is 19.4 Å². The van der Waals surface area contributed by atoms with Crippen molar-refractivity contribution in [3.63, 3.8) is 0 Å². The molecule has 1 aliphatic heterocycles. The molecule has 6 nitrogen and oxygen atoms in total. The lowest BCUT2D eigenvalue weighted by Gasteiger charge is -2.21. The number of nitrogens with one attached hydrogen (secondary N) is 1. The van der Waals surface area contributed by atoms with Crippen LogP contribution in [-0.4, -0.2) is 41.8 Å². The molecule has 0 unspecified atom stereocenters. The molecule has 1 amide bonds. The summed E-state index contributed by atoms with van der Waals surface area (Å²) in [5.74, 6) is -0.974. The summed E-state index contributed by atoms with van der Waals surface area (Å²) in [5.41, 5.74) is -0.967. The summed E-state index contributed by atoms with van der Waals surface area (Å²) in [7, 11) is 0. The Balaban J connectivity index is 1.98. The molecule has 2 N–H and O–H groups in total. The first kappa shape index (κ1) is 16.3. The van der Waals surface area contributed by atoms with Crippen molar-refractivity contribution >= 4 is 11.9 Å². The van der Waals surface area contributed by atoms with E-state index in [1.807, 2.05) is 0 Å². The van der Waals surface area contributed by atoms with Gasteiger partial charge in [0.15, 0.2) is 0 Å². The van der Waals surface area contributed by atoms with Crippen LogP contribution in [0.15, 0.2) is 24.3 Å². The van der Waals surface area contributed by atoms with Gasteiger partial charge in [0, 0.05) is 12.2 Å². The van der Waals surface area contributed by atoms with E-state index in [2.05, 4.69) is 5.32 Å². The summed E-state index contributed by atoms with van der Waals surface area (Å²) in [6.07, 6.45) is 2.12. The molecule has 0 radical (unpaired) electrons. The van der Waals surface area contributed by atoms with Gasteiger partial charge in [0.05, 0.1) is 6.10 Å². The van der Waals surface area contributed by atoms with Crippen molar-refractivity contribution in [1.29, 1.82) is 0 Å². The Hall–Kier alpha value is -2.08. The Kier molecular flexibility index (Phi) is 5.03.